The molecule has 0 spiro atoms. The van der Waals surface area contributed by atoms with E-state index >= 15 is 0 Å². The lowest BCUT2D eigenvalue weighted by Gasteiger charge is -2.19. The summed E-state index contributed by atoms with van der Waals surface area (Å²) >= 11 is 2.02. The maximum absolute atomic E-state index is 13.2. The minimum absolute atomic E-state index is 0.0237. The molecule has 0 fully saturated rings. The molecule has 4 heteroatoms. The van der Waals surface area contributed by atoms with Gasteiger partial charge in [-0.2, -0.15) is 0 Å². The third-order valence-corrected chi connectivity index (χ3v) is 3.77. The number of aliphatic hydroxyl groups is 1. The molecule has 0 radical (unpaired) electrons. The fourth-order valence-corrected chi connectivity index (χ4v) is 2.73. The highest BCUT2D eigenvalue weighted by Crippen LogP contribution is 2.32. The first-order valence-corrected chi connectivity index (χ1v) is 7.45. The summed E-state index contributed by atoms with van der Waals surface area (Å²) in [5.41, 5.74) is 1.36. The van der Waals surface area contributed by atoms with Gasteiger partial charge in [-0.1, -0.05) is 24.3 Å². The largest absolute Gasteiger partial charge is 0.491 e. The fraction of sp³-hybridized carbons (Fsp3) is 0.250. The van der Waals surface area contributed by atoms with Gasteiger partial charge in [0, 0.05) is 9.13 Å². The van der Waals surface area contributed by atoms with Crippen molar-refractivity contribution < 1.29 is 14.2 Å². The van der Waals surface area contributed by atoms with Gasteiger partial charge in [0.2, 0.25) is 0 Å². The quantitative estimate of drug-likeness (QED) is 0.795. The topological polar surface area (TPSA) is 29.5 Å². The molecule has 20 heavy (non-hydrogen) atoms. The van der Waals surface area contributed by atoms with E-state index in [4.69, 9.17) is 4.74 Å². The minimum Gasteiger partial charge on any atom is -0.491 e. The van der Waals surface area contributed by atoms with Gasteiger partial charge in [-0.15, -0.1) is 0 Å². The van der Waals surface area contributed by atoms with Crippen LogP contribution in [-0.2, 0) is 0 Å². The molecule has 0 saturated heterocycles. The van der Waals surface area contributed by atoms with Gasteiger partial charge >= 0.3 is 0 Å². The van der Waals surface area contributed by atoms with Gasteiger partial charge < -0.3 is 9.84 Å². The van der Waals surface area contributed by atoms with Crippen LogP contribution in [0.15, 0.2) is 42.5 Å². The number of rotatable bonds is 4. The second kappa shape index (κ2) is 6.54. The summed E-state index contributed by atoms with van der Waals surface area (Å²) in [4.78, 5) is 0. The Kier molecular flexibility index (Phi) is 4.99. The van der Waals surface area contributed by atoms with Crippen LogP contribution in [0.1, 0.15) is 31.1 Å². The Morgan fingerprint density at radius 2 is 1.80 bits per heavy atom. The lowest BCUT2D eigenvalue weighted by molar-refractivity contribution is 0.197. The smallest absolute Gasteiger partial charge is 0.125 e. The molecule has 2 rings (SSSR count). The first-order valence-electron chi connectivity index (χ1n) is 6.37. The van der Waals surface area contributed by atoms with Crippen LogP contribution in [0.2, 0.25) is 0 Å². The van der Waals surface area contributed by atoms with Crippen LogP contribution in [0.25, 0.3) is 0 Å². The number of aliphatic hydroxyl groups excluding tert-OH is 1. The average molecular weight is 386 g/mol. The molecule has 0 amide bonds. The predicted octanol–water partition coefficient (Wildman–Crippen LogP) is 4.30. The molecule has 2 aromatic carbocycles. The van der Waals surface area contributed by atoms with E-state index in [0.29, 0.717) is 20.4 Å². The maximum Gasteiger partial charge on any atom is 0.125 e. The molecule has 1 unspecified atom stereocenters. The predicted molar refractivity (Wildman–Crippen MR) is 85.4 cm³/mol. The maximum atomic E-state index is 13.2. The third-order valence-electron chi connectivity index (χ3n) is 2.83. The zero-order valence-electron chi connectivity index (χ0n) is 11.3. The monoisotopic (exact) mass is 386 g/mol. The van der Waals surface area contributed by atoms with Crippen molar-refractivity contribution >= 4 is 22.6 Å². The van der Waals surface area contributed by atoms with Gasteiger partial charge in [0.25, 0.3) is 0 Å². The number of benzene rings is 2. The minimum atomic E-state index is -0.836. The third kappa shape index (κ3) is 3.49. The highest BCUT2D eigenvalue weighted by Gasteiger charge is 2.18. The highest BCUT2D eigenvalue weighted by atomic mass is 127. The zero-order chi connectivity index (χ0) is 14.7. The Morgan fingerprint density at radius 1 is 1.10 bits per heavy atom. The molecule has 0 heterocycles. The molecular formula is C16H16FIO2. The van der Waals surface area contributed by atoms with Crippen molar-refractivity contribution in [1.82, 2.24) is 0 Å². The molecule has 0 aliphatic carbocycles. The molecule has 1 atom stereocenters. The van der Waals surface area contributed by atoms with Gasteiger partial charge in [-0.05, 0) is 60.2 Å². The van der Waals surface area contributed by atoms with E-state index in [-0.39, 0.29) is 11.9 Å². The van der Waals surface area contributed by atoms with Gasteiger partial charge in [-0.25, -0.2) is 4.39 Å². The molecule has 106 valence electrons. The molecule has 0 saturated carbocycles. The van der Waals surface area contributed by atoms with Crippen LogP contribution in [0.4, 0.5) is 4.39 Å². The first kappa shape index (κ1) is 15.3. The number of para-hydroxylation sites is 1. The molecule has 0 bridgehead atoms. The summed E-state index contributed by atoms with van der Waals surface area (Å²) in [6.07, 6.45) is -0.812. The highest BCUT2D eigenvalue weighted by molar-refractivity contribution is 14.1. The number of hydrogen-bond acceptors (Lipinski definition) is 2. The van der Waals surface area contributed by atoms with Crippen molar-refractivity contribution in [2.45, 2.75) is 26.1 Å². The van der Waals surface area contributed by atoms with E-state index in [2.05, 4.69) is 0 Å². The first-order chi connectivity index (χ1) is 9.49. The normalized spacial score (nSPS) is 12.5. The van der Waals surface area contributed by atoms with Crippen molar-refractivity contribution in [2.75, 3.05) is 0 Å². The second-order valence-electron chi connectivity index (χ2n) is 4.77. The van der Waals surface area contributed by atoms with Crippen LogP contribution >= 0.6 is 22.6 Å². The molecule has 2 nitrogen and oxygen atoms in total. The Bertz CT molecular complexity index is 599. The van der Waals surface area contributed by atoms with Gasteiger partial charge in [0.15, 0.2) is 0 Å². The van der Waals surface area contributed by atoms with E-state index in [1.165, 1.54) is 12.1 Å². The van der Waals surface area contributed by atoms with Gasteiger partial charge in [0.1, 0.15) is 17.7 Å². The van der Waals surface area contributed by atoms with Crippen molar-refractivity contribution in [1.29, 1.82) is 0 Å². The van der Waals surface area contributed by atoms with Crippen molar-refractivity contribution in [3.8, 4) is 5.75 Å². The van der Waals surface area contributed by atoms with Gasteiger partial charge in [0.05, 0.1) is 6.10 Å². The molecule has 0 aromatic heterocycles. The fourth-order valence-electron chi connectivity index (χ4n) is 1.96. The Balaban J connectivity index is 2.40. The zero-order valence-corrected chi connectivity index (χ0v) is 13.5. The van der Waals surface area contributed by atoms with Crippen LogP contribution in [-0.4, -0.2) is 11.2 Å². The van der Waals surface area contributed by atoms with E-state index in [1.54, 1.807) is 6.07 Å². The number of halogens is 2. The summed E-state index contributed by atoms with van der Waals surface area (Å²) in [5.74, 6) is 0.340. The lowest BCUT2D eigenvalue weighted by Crippen LogP contribution is -2.10. The Hall–Kier alpha value is -1.14. The summed E-state index contributed by atoms with van der Waals surface area (Å²) in [6, 6.07) is 11.7. The molecule has 2 aromatic rings. The molecule has 1 N–H and O–H groups in total. The summed E-state index contributed by atoms with van der Waals surface area (Å²) in [7, 11) is 0. The van der Waals surface area contributed by atoms with Crippen LogP contribution in [0, 0.1) is 9.39 Å². The van der Waals surface area contributed by atoms with Crippen molar-refractivity contribution in [2.24, 2.45) is 0 Å². The molecule has 0 aliphatic rings. The Morgan fingerprint density at radius 3 is 2.45 bits per heavy atom. The summed E-state index contributed by atoms with van der Waals surface area (Å²) in [5, 5.41) is 10.6. The van der Waals surface area contributed by atoms with Gasteiger partial charge in [-0.3, -0.25) is 0 Å². The SMILES string of the molecule is CC(C)Oc1ccccc1C(O)c1ccc(F)cc1I. The Labute approximate surface area is 131 Å². The van der Waals surface area contributed by atoms with E-state index in [9.17, 15) is 9.50 Å². The summed E-state index contributed by atoms with van der Waals surface area (Å²) in [6.45, 7) is 3.87. The number of hydrogen-bond donors (Lipinski definition) is 1. The van der Waals surface area contributed by atoms with E-state index in [0.717, 1.165) is 0 Å². The molecular weight excluding hydrogens is 370 g/mol. The van der Waals surface area contributed by atoms with E-state index < -0.39 is 6.10 Å². The van der Waals surface area contributed by atoms with Crippen molar-refractivity contribution in [3.05, 3.63) is 63.0 Å². The standard InChI is InChI=1S/C16H16FIO2/c1-10(2)20-15-6-4-3-5-13(15)16(19)12-8-7-11(17)9-14(12)18/h3-10,16,19H,1-2H3. The summed E-state index contributed by atoms with van der Waals surface area (Å²) < 4.78 is 19.6. The van der Waals surface area contributed by atoms with E-state index in [1.807, 2.05) is 60.7 Å². The van der Waals surface area contributed by atoms with Crippen molar-refractivity contribution in [3.63, 3.8) is 0 Å². The molecule has 0 aliphatic heterocycles. The van der Waals surface area contributed by atoms with Crippen LogP contribution in [0.5, 0.6) is 5.75 Å². The number of ether oxygens (including phenoxy) is 1. The second-order valence-corrected chi connectivity index (χ2v) is 5.93. The van der Waals surface area contributed by atoms with Crippen LogP contribution in [0.3, 0.4) is 0 Å². The average Bonchev–Trinajstić information content (AvgIpc) is 2.38. The van der Waals surface area contributed by atoms with Crippen LogP contribution < -0.4 is 4.74 Å². The lowest BCUT2D eigenvalue weighted by atomic mass is 10.0.